The zero-order valence-corrected chi connectivity index (χ0v) is 11.1. The molecule has 0 saturated heterocycles. The van der Waals surface area contributed by atoms with E-state index in [1.807, 2.05) is 0 Å². The monoisotopic (exact) mass is 304 g/mol. The Balaban J connectivity index is 2.27. The number of benzene rings is 1. The SMILES string of the molecule is Cc1n[nH]c(=O)nc1N/N=C/c1cc([N+](=O)[O-])c([O-])cc1[O-]. The van der Waals surface area contributed by atoms with Gasteiger partial charge in [-0.3, -0.25) is 15.5 Å². The summed E-state index contributed by atoms with van der Waals surface area (Å²) in [5, 5.41) is 42.9. The van der Waals surface area contributed by atoms with Crippen molar-refractivity contribution in [3.8, 4) is 11.5 Å². The van der Waals surface area contributed by atoms with Gasteiger partial charge in [-0.05, 0) is 18.2 Å². The lowest BCUT2D eigenvalue weighted by Gasteiger charge is -2.15. The fraction of sp³-hybridized carbons (Fsp3) is 0.0909. The van der Waals surface area contributed by atoms with E-state index >= 15 is 0 Å². The Morgan fingerprint density at radius 2 is 2.09 bits per heavy atom. The van der Waals surface area contributed by atoms with Gasteiger partial charge >= 0.3 is 5.69 Å². The molecular formula is C11H8N6O5-2. The molecule has 1 heterocycles. The minimum Gasteiger partial charge on any atom is -0.872 e. The number of hydrogen-bond acceptors (Lipinski definition) is 9. The second-order valence-corrected chi connectivity index (χ2v) is 4.06. The summed E-state index contributed by atoms with van der Waals surface area (Å²) in [6.07, 6.45) is 0.983. The van der Waals surface area contributed by atoms with Crippen molar-refractivity contribution in [2.75, 3.05) is 5.43 Å². The molecule has 11 nitrogen and oxygen atoms in total. The Morgan fingerprint density at radius 3 is 2.77 bits per heavy atom. The highest BCUT2D eigenvalue weighted by Gasteiger charge is 2.08. The van der Waals surface area contributed by atoms with E-state index in [4.69, 9.17) is 0 Å². The zero-order valence-electron chi connectivity index (χ0n) is 11.1. The van der Waals surface area contributed by atoms with Crippen LogP contribution >= 0.6 is 0 Å². The zero-order chi connectivity index (χ0) is 16.3. The van der Waals surface area contributed by atoms with Crippen molar-refractivity contribution in [2.45, 2.75) is 6.92 Å². The van der Waals surface area contributed by atoms with E-state index < -0.39 is 27.8 Å². The summed E-state index contributed by atoms with van der Waals surface area (Å²) in [5.74, 6) is -1.63. The highest BCUT2D eigenvalue weighted by Crippen LogP contribution is 2.28. The number of aryl methyl sites for hydroxylation is 1. The first-order chi connectivity index (χ1) is 10.4. The van der Waals surface area contributed by atoms with E-state index in [2.05, 4.69) is 25.7 Å². The third-order valence-electron chi connectivity index (χ3n) is 2.54. The molecule has 0 radical (unpaired) electrons. The van der Waals surface area contributed by atoms with Gasteiger partial charge in [-0.1, -0.05) is 6.07 Å². The number of aromatic amines is 1. The average Bonchev–Trinajstić information content (AvgIpc) is 2.44. The topological polar surface area (TPSA) is 172 Å². The molecule has 0 atom stereocenters. The Labute approximate surface area is 122 Å². The van der Waals surface area contributed by atoms with Crippen molar-refractivity contribution in [1.29, 1.82) is 0 Å². The molecule has 0 fully saturated rings. The fourth-order valence-corrected chi connectivity index (χ4v) is 1.47. The molecule has 0 amide bonds. The number of anilines is 1. The van der Waals surface area contributed by atoms with E-state index in [1.54, 1.807) is 6.92 Å². The lowest BCUT2D eigenvalue weighted by molar-refractivity contribution is -0.398. The minimum absolute atomic E-state index is 0.0578. The van der Waals surface area contributed by atoms with Crippen molar-refractivity contribution in [3.05, 3.63) is 44.0 Å². The standard InChI is InChI=1S/C11H10N6O5/c1-5-10(13-11(20)16-14-5)15-12-4-6-2-7(17(21)22)9(19)3-8(6)18/h2-4,18-19H,1H3,(H2,13,15,16,20)/p-2/b12-4+. The summed E-state index contributed by atoms with van der Waals surface area (Å²) in [4.78, 5) is 24.3. The van der Waals surface area contributed by atoms with Gasteiger partial charge in [0.25, 0.3) is 5.69 Å². The molecule has 1 aromatic heterocycles. The summed E-state index contributed by atoms with van der Waals surface area (Å²) >= 11 is 0. The Kier molecular flexibility index (Phi) is 3.97. The number of nitrogens with zero attached hydrogens (tertiary/aromatic N) is 4. The van der Waals surface area contributed by atoms with Gasteiger partial charge < -0.3 is 10.2 Å². The van der Waals surface area contributed by atoms with Gasteiger partial charge in [0, 0.05) is 6.07 Å². The van der Waals surface area contributed by atoms with E-state index in [-0.39, 0.29) is 11.4 Å². The maximum absolute atomic E-state index is 11.6. The third-order valence-corrected chi connectivity index (χ3v) is 2.54. The molecule has 0 aliphatic heterocycles. The van der Waals surface area contributed by atoms with Crippen LogP contribution in [0.5, 0.6) is 11.5 Å². The van der Waals surface area contributed by atoms with Gasteiger partial charge in [-0.15, -0.1) is 5.75 Å². The van der Waals surface area contributed by atoms with Crippen LogP contribution in [0.15, 0.2) is 22.0 Å². The van der Waals surface area contributed by atoms with E-state index in [0.717, 1.165) is 12.3 Å². The molecule has 0 bridgehead atoms. The fourth-order valence-electron chi connectivity index (χ4n) is 1.47. The van der Waals surface area contributed by atoms with Crippen LogP contribution in [-0.2, 0) is 0 Å². The third kappa shape index (κ3) is 3.15. The molecule has 0 spiro atoms. The summed E-state index contributed by atoms with van der Waals surface area (Å²) in [5.41, 5.74) is 1.15. The molecule has 0 aliphatic carbocycles. The Hall–Kier alpha value is -3.50. The molecule has 2 rings (SSSR count). The molecule has 0 saturated carbocycles. The van der Waals surface area contributed by atoms with Crippen molar-refractivity contribution in [3.63, 3.8) is 0 Å². The van der Waals surface area contributed by atoms with Gasteiger partial charge in [0.15, 0.2) is 5.82 Å². The summed E-state index contributed by atoms with van der Waals surface area (Å²) in [6.45, 7) is 1.55. The first-order valence-electron chi connectivity index (χ1n) is 5.77. The van der Waals surface area contributed by atoms with Crippen molar-refractivity contribution < 1.29 is 15.1 Å². The molecular weight excluding hydrogens is 296 g/mol. The van der Waals surface area contributed by atoms with Crippen LogP contribution in [0.25, 0.3) is 0 Å². The molecule has 22 heavy (non-hydrogen) atoms. The van der Waals surface area contributed by atoms with Crippen molar-refractivity contribution >= 4 is 17.7 Å². The molecule has 11 heteroatoms. The molecule has 0 aliphatic rings. The number of rotatable bonds is 4. The summed E-state index contributed by atoms with van der Waals surface area (Å²) in [7, 11) is 0. The van der Waals surface area contributed by atoms with Crippen molar-refractivity contribution in [2.24, 2.45) is 5.10 Å². The number of aromatic nitrogens is 3. The predicted molar refractivity (Wildman–Crippen MR) is 70.6 cm³/mol. The second-order valence-electron chi connectivity index (χ2n) is 4.06. The summed E-state index contributed by atoms with van der Waals surface area (Å²) < 4.78 is 0. The number of nitro benzene ring substituents is 1. The van der Waals surface area contributed by atoms with E-state index in [9.17, 15) is 25.1 Å². The molecule has 114 valence electrons. The summed E-state index contributed by atoms with van der Waals surface area (Å²) in [6, 6.07) is 1.43. The normalized spacial score (nSPS) is 10.8. The number of nitro groups is 1. The number of H-pyrrole nitrogens is 1. The molecule has 1 aromatic carbocycles. The van der Waals surface area contributed by atoms with E-state index in [1.165, 1.54) is 0 Å². The van der Waals surface area contributed by atoms with Crippen molar-refractivity contribution in [1.82, 2.24) is 15.2 Å². The highest BCUT2D eigenvalue weighted by molar-refractivity contribution is 5.85. The number of hydrogen-bond donors (Lipinski definition) is 2. The Bertz CT molecular complexity index is 815. The van der Waals surface area contributed by atoms with Crippen LogP contribution in [0.1, 0.15) is 11.3 Å². The first-order valence-corrected chi connectivity index (χ1v) is 5.77. The van der Waals surface area contributed by atoms with Crippen LogP contribution in [-0.4, -0.2) is 26.3 Å². The van der Waals surface area contributed by atoms with Gasteiger partial charge in [0.2, 0.25) is 0 Å². The van der Waals surface area contributed by atoms with Crippen LogP contribution < -0.4 is 21.3 Å². The van der Waals surface area contributed by atoms with Crippen LogP contribution in [0, 0.1) is 17.0 Å². The predicted octanol–water partition coefficient (Wildman–Crippen LogP) is -1.03. The largest absolute Gasteiger partial charge is 0.872 e. The average molecular weight is 304 g/mol. The second kappa shape index (κ2) is 5.87. The van der Waals surface area contributed by atoms with Crippen LogP contribution in [0.2, 0.25) is 0 Å². The molecule has 2 N–H and O–H groups in total. The number of nitrogens with one attached hydrogen (secondary N) is 2. The van der Waals surface area contributed by atoms with E-state index in [0.29, 0.717) is 11.8 Å². The lowest BCUT2D eigenvalue weighted by atomic mass is 10.2. The highest BCUT2D eigenvalue weighted by atomic mass is 16.6. The minimum atomic E-state index is -0.976. The van der Waals surface area contributed by atoms with Gasteiger partial charge in [0.1, 0.15) is 5.69 Å². The molecule has 0 unspecified atom stereocenters. The maximum atomic E-state index is 11.6. The van der Waals surface area contributed by atoms with Gasteiger partial charge in [-0.25, -0.2) is 9.89 Å². The molecule has 2 aromatic rings. The van der Waals surface area contributed by atoms with Gasteiger partial charge in [-0.2, -0.15) is 15.2 Å². The lowest BCUT2D eigenvalue weighted by Crippen LogP contribution is -2.15. The smallest absolute Gasteiger partial charge is 0.363 e. The Morgan fingerprint density at radius 1 is 1.36 bits per heavy atom. The van der Waals surface area contributed by atoms with Crippen LogP contribution in [0.3, 0.4) is 0 Å². The van der Waals surface area contributed by atoms with Gasteiger partial charge in [0.05, 0.1) is 11.1 Å². The number of hydrazone groups is 1. The van der Waals surface area contributed by atoms with Crippen LogP contribution in [0.4, 0.5) is 11.5 Å². The first kappa shape index (κ1) is 14.9. The quantitative estimate of drug-likeness (QED) is 0.410. The maximum Gasteiger partial charge on any atom is 0.363 e.